The zero-order valence-electron chi connectivity index (χ0n) is 11.0. The van der Waals surface area contributed by atoms with Gasteiger partial charge >= 0.3 is 0 Å². The average Bonchev–Trinajstić information content (AvgIpc) is 2.85. The van der Waals surface area contributed by atoms with E-state index < -0.39 is 0 Å². The Morgan fingerprint density at radius 3 is 3.00 bits per heavy atom. The molecule has 1 N–H and O–H groups in total. The van der Waals surface area contributed by atoms with Gasteiger partial charge in [0.2, 0.25) is 0 Å². The zero-order valence-corrected chi connectivity index (χ0v) is 11.0. The van der Waals surface area contributed by atoms with Gasteiger partial charge in [-0.15, -0.1) is 10.2 Å². The Morgan fingerprint density at radius 2 is 2.21 bits per heavy atom. The van der Waals surface area contributed by atoms with Crippen LogP contribution in [0.3, 0.4) is 0 Å². The Labute approximate surface area is 110 Å². The molecular weight excluding hydrogens is 244 g/mol. The van der Waals surface area contributed by atoms with Gasteiger partial charge < -0.3 is 14.5 Å². The van der Waals surface area contributed by atoms with Crippen molar-refractivity contribution < 1.29 is 0 Å². The Kier molecular flexibility index (Phi) is 2.81. The molecule has 3 heterocycles. The lowest BCUT2D eigenvalue weighted by Gasteiger charge is -2.28. The van der Waals surface area contributed by atoms with E-state index in [1.807, 2.05) is 18.4 Å². The summed E-state index contributed by atoms with van der Waals surface area (Å²) in [6.07, 6.45) is 1.73. The largest absolute Gasteiger partial charge is 0.347 e. The normalized spacial score (nSPS) is 14.8. The standard InChI is InChI=1S/C12H16N6O/c1-8(2)12-14-9(5-11(19)15-12)17-3-4-18-7-13-16-10(18)6-17/h5,7-8H,3-4,6H2,1-2H3,(H,14,15,19). The summed E-state index contributed by atoms with van der Waals surface area (Å²) in [6, 6.07) is 1.54. The highest BCUT2D eigenvalue weighted by molar-refractivity contribution is 5.38. The van der Waals surface area contributed by atoms with Gasteiger partial charge in [0.25, 0.3) is 5.56 Å². The van der Waals surface area contributed by atoms with E-state index in [0.29, 0.717) is 12.4 Å². The molecule has 0 saturated carbocycles. The van der Waals surface area contributed by atoms with Gasteiger partial charge in [0.05, 0.1) is 6.54 Å². The Balaban J connectivity index is 1.93. The lowest BCUT2D eigenvalue weighted by molar-refractivity contribution is 0.554. The molecular formula is C12H16N6O. The molecule has 2 aromatic rings. The van der Waals surface area contributed by atoms with Crippen LogP contribution in [-0.4, -0.2) is 31.3 Å². The topological polar surface area (TPSA) is 79.7 Å². The maximum Gasteiger partial charge on any atom is 0.252 e. The molecule has 100 valence electrons. The van der Waals surface area contributed by atoms with Crippen molar-refractivity contribution in [3.8, 4) is 0 Å². The molecule has 0 spiro atoms. The number of anilines is 1. The molecule has 0 bridgehead atoms. The Bertz CT molecular complexity index is 644. The van der Waals surface area contributed by atoms with Crippen LogP contribution < -0.4 is 10.5 Å². The molecule has 0 aliphatic carbocycles. The van der Waals surface area contributed by atoms with E-state index in [-0.39, 0.29) is 11.5 Å². The molecule has 0 fully saturated rings. The first-order valence-corrected chi connectivity index (χ1v) is 6.36. The third-order valence-corrected chi connectivity index (χ3v) is 3.26. The van der Waals surface area contributed by atoms with Crippen molar-refractivity contribution in [1.29, 1.82) is 0 Å². The van der Waals surface area contributed by atoms with Gasteiger partial charge in [-0.2, -0.15) is 0 Å². The highest BCUT2D eigenvalue weighted by atomic mass is 16.1. The fourth-order valence-corrected chi connectivity index (χ4v) is 2.16. The summed E-state index contributed by atoms with van der Waals surface area (Å²) >= 11 is 0. The lowest BCUT2D eigenvalue weighted by atomic mass is 10.2. The number of aromatic nitrogens is 5. The molecule has 0 saturated heterocycles. The number of hydrogen-bond donors (Lipinski definition) is 1. The number of rotatable bonds is 2. The molecule has 0 amide bonds. The molecule has 7 nitrogen and oxygen atoms in total. The predicted octanol–water partition coefficient (Wildman–Crippen LogP) is 0.505. The summed E-state index contributed by atoms with van der Waals surface area (Å²) in [7, 11) is 0. The van der Waals surface area contributed by atoms with Crippen LogP contribution in [0.15, 0.2) is 17.2 Å². The molecule has 0 atom stereocenters. The zero-order chi connectivity index (χ0) is 13.4. The number of fused-ring (bicyclic) bond motifs is 1. The molecule has 0 aromatic carbocycles. The van der Waals surface area contributed by atoms with Gasteiger partial charge in [0.1, 0.15) is 18.0 Å². The number of hydrogen-bond acceptors (Lipinski definition) is 5. The summed E-state index contributed by atoms with van der Waals surface area (Å²) in [4.78, 5) is 21.1. The second-order valence-corrected chi connectivity index (χ2v) is 5.01. The first-order chi connectivity index (χ1) is 9.13. The monoisotopic (exact) mass is 260 g/mol. The molecule has 19 heavy (non-hydrogen) atoms. The van der Waals surface area contributed by atoms with E-state index in [2.05, 4.69) is 25.1 Å². The van der Waals surface area contributed by atoms with E-state index in [9.17, 15) is 4.79 Å². The summed E-state index contributed by atoms with van der Waals surface area (Å²) in [5.41, 5.74) is -0.110. The van der Waals surface area contributed by atoms with Crippen LogP contribution in [0.2, 0.25) is 0 Å². The maximum atomic E-state index is 11.7. The fraction of sp³-hybridized carbons (Fsp3) is 0.500. The van der Waals surface area contributed by atoms with Crippen molar-refractivity contribution in [1.82, 2.24) is 24.7 Å². The summed E-state index contributed by atoms with van der Waals surface area (Å²) in [5, 5.41) is 7.96. The van der Waals surface area contributed by atoms with E-state index >= 15 is 0 Å². The molecule has 2 aromatic heterocycles. The smallest absolute Gasteiger partial charge is 0.252 e. The first kappa shape index (κ1) is 11.9. The van der Waals surface area contributed by atoms with Crippen molar-refractivity contribution in [3.63, 3.8) is 0 Å². The molecule has 1 aliphatic heterocycles. The predicted molar refractivity (Wildman–Crippen MR) is 70.0 cm³/mol. The van der Waals surface area contributed by atoms with Crippen molar-refractivity contribution in [2.75, 3.05) is 11.4 Å². The Morgan fingerprint density at radius 1 is 1.37 bits per heavy atom. The molecule has 0 radical (unpaired) electrons. The third-order valence-electron chi connectivity index (χ3n) is 3.26. The second kappa shape index (κ2) is 4.49. The van der Waals surface area contributed by atoms with Crippen LogP contribution in [0.1, 0.15) is 31.4 Å². The van der Waals surface area contributed by atoms with Crippen LogP contribution in [0, 0.1) is 0 Å². The number of nitrogens with one attached hydrogen (secondary N) is 1. The minimum Gasteiger partial charge on any atom is -0.347 e. The highest BCUT2D eigenvalue weighted by Crippen LogP contribution is 2.17. The van der Waals surface area contributed by atoms with Crippen LogP contribution >= 0.6 is 0 Å². The van der Waals surface area contributed by atoms with Gasteiger partial charge in [0.15, 0.2) is 5.82 Å². The van der Waals surface area contributed by atoms with Crippen LogP contribution in [0.4, 0.5) is 5.82 Å². The van der Waals surface area contributed by atoms with Gasteiger partial charge in [-0.3, -0.25) is 4.79 Å². The van der Waals surface area contributed by atoms with E-state index in [4.69, 9.17) is 0 Å². The summed E-state index contributed by atoms with van der Waals surface area (Å²) < 4.78 is 2.02. The molecule has 3 rings (SSSR count). The maximum absolute atomic E-state index is 11.7. The van der Waals surface area contributed by atoms with Gasteiger partial charge in [0, 0.05) is 25.1 Å². The molecule has 1 aliphatic rings. The second-order valence-electron chi connectivity index (χ2n) is 5.01. The minimum absolute atomic E-state index is 0.110. The van der Waals surface area contributed by atoms with Crippen LogP contribution in [-0.2, 0) is 13.1 Å². The van der Waals surface area contributed by atoms with E-state index in [1.54, 1.807) is 6.33 Å². The van der Waals surface area contributed by atoms with Crippen molar-refractivity contribution in [2.45, 2.75) is 32.9 Å². The summed E-state index contributed by atoms with van der Waals surface area (Å²) in [6.45, 7) is 6.27. The fourth-order valence-electron chi connectivity index (χ4n) is 2.16. The third kappa shape index (κ3) is 2.23. The van der Waals surface area contributed by atoms with Crippen LogP contribution in [0.5, 0.6) is 0 Å². The lowest BCUT2D eigenvalue weighted by Crippen LogP contribution is -2.35. The number of H-pyrrole nitrogens is 1. The Hall–Kier alpha value is -2.18. The highest BCUT2D eigenvalue weighted by Gasteiger charge is 2.19. The van der Waals surface area contributed by atoms with Gasteiger partial charge in [-0.1, -0.05) is 13.8 Å². The summed E-state index contributed by atoms with van der Waals surface area (Å²) in [5.74, 6) is 2.52. The van der Waals surface area contributed by atoms with Crippen molar-refractivity contribution >= 4 is 5.82 Å². The number of nitrogens with zero attached hydrogens (tertiary/aromatic N) is 5. The molecule has 0 unspecified atom stereocenters. The quantitative estimate of drug-likeness (QED) is 0.850. The minimum atomic E-state index is -0.110. The molecule has 7 heteroatoms. The van der Waals surface area contributed by atoms with Crippen molar-refractivity contribution in [3.05, 3.63) is 34.4 Å². The number of aromatic amines is 1. The average molecular weight is 260 g/mol. The van der Waals surface area contributed by atoms with Gasteiger partial charge in [-0.25, -0.2) is 4.98 Å². The van der Waals surface area contributed by atoms with Crippen LogP contribution in [0.25, 0.3) is 0 Å². The SMILES string of the molecule is CC(C)c1nc(N2CCn3cnnc3C2)cc(=O)[nH]1. The first-order valence-electron chi connectivity index (χ1n) is 6.36. The van der Waals surface area contributed by atoms with Crippen molar-refractivity contribution in [2.24, 2.45) is 0 Å². The van der Waals surface area contributed by atoms with Gasteiger partial charge in [-0.05, 0) is 0 Å². The van der Waals surface area contributed by atoms with E-state index in [1.165, 1.54) is 6.07 Å². The van der Waals surface area contributed by atoms with E-state index in [0.717, 1.165) is 24.7 Å².